The van der Waals surface area contributed by atoms with E-state index < -0.39 is 36.6 Å². The molecule has 1 heterocycles. The van der Waals surface area contributed by atoms with Gasteiger partial charge in [-0.05, 0) is 6.42 Å². The normalized spacial score (nSPS) is 18.3. The summed E-state index contributed by atoms with van der Waals surface area (Å²) in [5, 5.41) is -1.35. The summed E-state index contributed by atoms with van der Waals surface area (Å²) < 4.78 is 0.0941. The predicted molar refractivity (Wildman–Crippen MR) is 72.8 cm³/mol. The number of ether oxygens (including phenoxy) is 1. The molecule has 0 N–H and O–H groups in total. The molecule has 1 saturated heterocycles. The second-order valence-electron chi connectivity index (χ2n) is 3.44. The lowest BCUT2D eigenvalue weighted by Gasteiger charge is -2.36. The first-order valence-electron chi connectivity index (χ1n) is 4.63. The lowest BCUT2D eigenvalue weighted by molar-refractivity contribution is -0.165. The lowest BCUT2D eigenvalue weighted by atomic mass is 10.1. The van der Waals surface area contributed by atoms with Crippen molar-refractivity contribution in [3.63, 3.8) is 0 Å². The third-order valence-corrected chi connectivity index (χ3v) is 6.24. The number of rotatable bonds is 4. The Bertz CT molecular complexity index is 412. The number of cyclic esters (lactones) is 2. The minimum Gasteiger partial charge on any atom is -0.385 e. The highest BCUT2D eigenvalue weighted by atomic mass is 35.5. The number of allylic oxidation sites excluding steroid dienone is 1. The quantitative estimate of drug-likeness (QED) is 0.246. The minimum absolute atomic E-state index is 0.341. The van der Waals surface area contributed by atoms with Crippen LogP contribution >= 0.6 is 69.6 Å². The molecule has 0 aromatic carbocycles. The molecular formula is C9H6Cl6O3. The van der Waals surface area contributed by atoms with Crippen molar-refractivity contribution in [2.75, 3.05) is 0 Å². The van der Waals surface area contributed by atoms with E-state index in [2.05, 4.69) is 4.74 Å². The van der Waals surface area contributed by atoms with E-state index >= 15 is 0 Å². The first kappa shape index (κ1) is 16.7. The van der Waals surface area contributed by atoms with Gasteiger partial charge in [0, 0.05) is 0 Å². The third kappa shape index (κ3) is 2.58. The molecule has 0 spiro atoms. The van der Waals surface area contributed by atoms with Gasteiger partial charge in [-0.1, -0.05) is 64.9 Å². The van der Waals surface area contributed by atoms with Crippen LogP contribution in [-0.2, 0) is 14.3 Å². The molecular weight excluding hydrogens is 369 g/mol. The second-order valence-corrected chi connectivity index (χ2v) is 7.06. The largest absolute Gasteiger partial charge is 0.385 e. The molecule has 102 valence electrons. The molecule has 0 aliphatic carbocycles. The van der Waals surface area contributed by atoms with Crippen molar-refractivity contribution in [3.05, 3.63) is 10.6 Å². The summed E-state index contributed by atoms with van der Waals surface area (Å²) in [7, 11) is 0. The maximum Gasteiger partial charge on any atom is 0.354 e. The summed E-state index contributed by atoms with van der Waals surface area (Å²) in [6.07, 6.45) is 0.341. The fourth-order valence-corrected chi connectivity index (χ4v) is 2.78. The average Bonchev–Trinajstić information content (AvgIpc) is 2.26. The summed E-state index contributed by atoms with van der Waals surface area (Å²) in [4.78, 5) is 22.1. The summed E-state index contributed by atoms with van der Waals surface area (Å²) in [5.41, 5.74) is -0.479. The van der Waals surface area contributed by atoms with E-state index in [0.29, 0.717) is 6.42 Å². The van der Waals surface area contributed by atoms with Crippen molar-refractivity contribution in [1.29, 1.82) is 0 Å². The maximum absolute atomic E-state index is 11.1. The molecule has 1 atom stereocenters. The van der Waals surface area contributed by atoms with E-state index in [1.165, 1.54) is 0 Å². The third-order valence-electron chi connectivity index (χ3n) is 2.26. The van der Waals surface area contributed by atoms with Gasteiger partial charge in [-0.25, -0.2) is 9.59 Å². The summed E-state index contributed by atoms with van der Waals surface area (Å²) in [5.74, 6) is -1.88. The molecule has 0 aromatic heterocycles. The minimum atomic E-state index is -2.12. The van der Waals surface area contributed by atoms with Crippen molar-refractivity contribution >= 4 is 81.5 Å². The van der Waals surface area contributed by atoms with Gasteiger partial charge >= 0.3 is 11.9 Å². The number of carbonyl (C=O) groups excluding carboxylic acids is 2. The van der Waals surface area contributed by atoms with Crippen LogP contribution in [0.3, 0.4) is 0 Å². The Kier molecular flexibility index (Phi) is 5.14. The van der Waals surface area contributed by atoms with Crippen molar-refractivity contribution < 1.29 is 14.3 Å². The Morgan fingerprint density at radius 2 is 1.67 bits per heavy atom. The van der Waals surface area contributed by atoms with Crippen LogP contribution in [-0.4, -0.2) is 26.0 Å². The molecule has 1 rings (SSSR count). The topological polar surface area (TPSA) is 43.4 Å². The standard InChI is InChI=1S/C9H6Cl6O3/c1-2-3(10)8(12,13)9(14,15)5(11)4-6(16)18-7(4)17/h3H,2H2,1H3. The van der Waals surface area contributed by atoms with Crippen LogP contribution in [0.15, 0.2) is 10.6 Å². The van der Waals surface area contributed by atoms with E-state index in [0.717, 1.165) is 0 Å². The average molecular weight is 375 g/mol. The Hall–Kier alpha value is 0.620. The van der Waals surface area contributed by atoms with Gasteiger partial charge in [0.15, 0.2) is 14.2 Å². The molecule has 9 heteroatoms. The molecule has 1 aliphatic heterocycles. The Labute approximate surface area is 133 Å². The smallest absolute Gasteiger partial charge is 0.354 e. The molecule has 1 aliphatic rings. The van der Waals surface area contributed by atoms with Crippen LogP contribution in [0.25, 0.3) is 0 Å². The van der Waals surface area contributed by atoms with E-state index in [4.69, 9.17) is 69.6 Å². The summed E-state index contributed by atoms with van der Waals surface area (Å²) in [6.45, 7) is 1.70. The number of esters is 2. The number of alkyl halides is 5. The Morgan fingerprint density at radius 3 is 2.00 bits per heavy atom. The van der Waals surface area contributed by atoms with Crippen molar-refractivity contribution in [1.82, 2.24) is 0 Å². The zero-order valence-electron chi connectivity index (χ0n) is 8.78. The first-order chi connectivity index (χ1) is 8.07. The van der Waals surface area contributed by atoms with Crippen molar-refractivity contribution in [2.24, 2.45) is 0 Å². The van der Waals surface area contributed by atoms with Crippen molar-refractivity contribution in [3.8, 4) is 0 Å². The molecule has 1 fully saturated rings. The fraction of sp³-hybridized carbons (Fsp3) is 0.556. The Morgan fingerprint density at radius 1 is 1.22 bits per heavy atom. The van der Waals surface area contributed by atoms with Crippen LogP contribution in [0.4, 0.5) is 0 Å². The van der Waals surface area contributed by atoms with E-state index in [1.807, 2.05) is 0 Å². The molecule has 0 aromatic rings. The second kappa shape index (κ2) is 5.55. The monoisotopic (exact) mass is 372 g/mol. The van der Waals surface area contributed by atoms with Gasteiger partial charge in [0.2, 0.25) is 0 Å². The summed E-state index contributed by atoms with van der Waals surface area (Å²) >= 11 is 35.6. The first-order valence-corrected chi connectivity index (χ1v) is 6.96. The predicted octanol–water partition coefficient (Wildman–Crippen LogP) is 3.93. The van der Waals surface area contributed by atoms with Gasteiger partial charge in [0.05, 0.1) is 10.4 Å². The van der Waals surface area contributed by atoms with Crippen LogP contribution in [0.2, 0.25) is 0 Å². The molecule has 1 unspecified atom stereocenters. The fourth-order valence-electron chi connectivity index (χ4n) is 1.16. The van der Waals surface area contributed by atoms with Crippen LogP contribution in [0, 0.1) is 0 Å². The highest BCUT2D eigenvalue weighted by Gasteiger charge is 2.57. The van der Waals surface area contributed by atoms with Gasteiger partial charge in [-0.2, -0.15) is 0 Å². The lowest BCUT2D eigenvalue weighted by Crippen LogP contribution is -2.46. The van der Waals surface area contributed by atoms with E-state index in [-0.39, 0.29) is 0 Å². The zero-order chi connectivity index (χ0) is 14.3. The number of hydrogen-bond acceptors (Lipinski definition) is 3. The van der Waals surface area contributed by atoms with Crippen LogP contribution in [0.1, 0.15) is 13.3 Å². The summed E-state index contributed by atoms with van der Waals surface area (Å²) in [6, 6.07) is 0. The Balaban J connectivity index is 3.22. The molecule has 3 nitrogen and oxygen atoms in total. The maximum atomic E-state index is 11.1. The molecule has 18 heavy (non-hydrogen) atoms. The van der Waals surface area contributed by atoms with Crippen molar-refractivity contribution in [2.45, 2.75) is 27.4 Å². The van der Waals surface area contributed by atoms with E-state index in [1.54, 1.807) is 6.92 Å². The highest BCUT2D eigenvalue weighted by Crippen LogP contribution is 2.54. The van der Waals surface area contributed by atoms with Gasteiger partial charge in [-0.15, -0.1) is 11.6 Å². The molecule has 0 amide bonds. The molecule has 0 bridgehead atoms. The SMILES string of the molecule is CCC(Cl)C(Cl)(Cl)C(Cl)(Cl)C(Cl)=C1C(=O)OC1=O. The van der Waals surface area contributed by atoms with Gasteiger partial charge < -0.3 is 4.74 Å². The molecule has 0 saturated carbocycles. The van der Waals surface area contributed by atoms with Gasteiger partial charge in [-0.3, -0.25) is 0 Å². The number of halogens is 6. The number of hydrogen-bond donors (Lipinski definition) is 0. The molecule has 0 radical (unpaired) electrons. The van der Waals surface area contributed by atoms with Crippen LogP contribution < -0.4 is 0 Å². The number of carbonyl (C=O) groups is 2. The highest BCUT2D eigenvalue weighted by molar-refractivity contribution is 6.68. The van der Waals surface area contributed by atoms with E-state index in [9.17, 15) is 9.59 Å². The van der Waals surface area contributed by atoms with Crippen LogP contribution in [0.5, 0.6) is 0 Å². The van der Waals surface area contributed by atoms with Gasteiger partial charge in [0.25, 0.3) is 0 Å². The van der Waals surface area contributed by atoms with Gasteiger partial charge in [0.1, 0.15) is 0 Å². The zero-order valence-corrected chi connectivity index (χ0v) is 13.3.